The van der Waals surface area contributed by atoms with Crippen LogP contribution in [0.1, 0.15) is 26.7 Å². The average molecular weight is 194 g/mol. The molecule has 0 aliphatic carbocycles. The maximum Gasteiger partial charge on any atom is 0.00672 e. The lowest BCUT2D eigenvalue weighted by molar-refractivity contribution is 0.284. The highest BCUT2D eigenvalue weighted by Gasteiger charge is 2.16. The van der Waals surface area contributed by atoms with E-state index in [1.165, 1.54) is 25.9 Å². The Morgan fingerprint density at radius 2 is 2.22 bits per heavy atom. The van der Waals surface area contributed by atoms with Crippen molar-refractivity contribution in [2.24, 2.45) is 0 Å². The number of likely N-dealkylation sites (tertiary alicyclic amines) is 1. The van der Waals surface area contributed by atoms with E-state index in [1.807, 2.05) is 0 Å². The summed E-state index contributed by atoms with van der Waals surface area (Å²) in [6.45, 7) is 7.12. The second kappa shape index (κ2) is 4.29. The van der Waals surface area contributed by atoms with Crippen LogP contribution < -0.4 is 0 Å². The van der Waals surface area contributed by atoms with Gasteiger partial charge in [-0.3, -0.25) is 0 Å². The molecule has 0 radical (unpaired) electrons. The van der Waals surface area contributed by atoms with Gasteiger partial charge in [-0.15, -0.1) is 17.0 Å². The van der Waals surface area contributed by atoms with E-state index in [2.05, 4.69) is 18.7 Å². The SMILES string of the molecule is Br.CCN1CCCC1C. The van der Waals surface area contributed by atoms with Gasteiger partial charge in [-0.25, -0.2) is 0 Å². The van der Waals surface area contributed by atoms with Crippen molar-refractivity contribution in [1.29, 1.82) is 0 Å². The Kier molecular flexibility index (Phi) is 4.50. The first-order valence-corrected chi connectivity index (χ1v) is 3.58. The van der Waals surface area contributed by atoms with E-state index in [0.29, 0.717) is 0 Å². The molecule has 1 fully saturated rings. The molecule has 1 heterocycles. The fourth-order valence-corrected chi connectivity index (χ4v) is 1.46. The van der Waals surface area contributed by atoms with Crippen molar-refractivity contribution >= 4 is 17.0 Å². The van der Waals surface area contributed by atoms with Crippen molar-refractivity contribution in [2.45, 2.75) is 32.7 Å². The summed E-state index contributed by atoms with van der Waals surface area (Å²) in [7, 11) is 0. The molecule has 1 atom stereocenters. The van der Waals surface area contributed by atoms with E-state index in [9.17, 15) is 0 Å². The van der Waals surface area contributed by atoms with Crippen LogP contribution in [0.2, 0.25) is 0 Å². The molecule has 1 nitrogen and oxygen atoms in total. The molecule has 1 aliphatic heterocycles. The summed E-state index contributed by atoms with van der Waals surface area (Å²) < 4.78 is 0. The normalized spacial score (nSPS) is 28.0. The lowest BCUT2D eigenvalue weighted by atomic mass is 10.2. The molecular weight excluding hydrogens is 178 g/mol. The molecule has 0 saturated carbocycles. The van der Waals surface area contributed by atoms with Gasteiger partial charge in [-0.1, -0.05) is 6.92 Å². The van der Waals surface area contributed by atoms with Gasteiger partial charge in [0.2, 0.25) is 0 Å². The molecule has 1 aliphatic rings. The van der Waals surface area contributed by atoms with E-state index >= 15 is 0 Å². The highest BCUT2D eigenvalue weighted by molar-refractivity contribution is 8.93. The fraction of sp³-hybridized carbons (Fsp3) is 1.00. The predicted octanol–water partition coefficient (Wildman–Crippen LogP) is 2.07. The van der Waals surface area contributed by atoms with Gasteiger partial charge >= 0.3 is 0 Å². The number of hydrogen-bond acceptors (Lipinski definition) is 1. The van der Waals surface area contributed by atoms with Crippen molar-refractivity contribution in [3.63, 3.8) is 0 Å². The molecule has 0 aromatic heterocycles. The van der Waals surface area contributed by atoms with Crippen LogP contribution in [0.15, 0.2) is 0 Å². The Morgan fingerprint density at radius 3 is 2.44 bits per heavy atom. The monoisotopic (exact) mass is 193 g/mol. The summed E-state index contributed by atoms with van der Waals surface area (Å²) in [5.41, 5.74) is 0. The molecule has 0 N–H and O–H groups in total. The highest BCUT2D eigenvalue weighted by Crippen LogP contribution is 2.14. The Bertz CT molecular complexity index is 75.3. The molecule has 1 rings (SSSR count). The molecule has 0 aromatic carbocycles. The molecule has 2 heteroatoms. The molecule has 0 spiro atoms. The van der Waals surface area contributed by atoms with E-state index in [0.717, 1.165) is 6.04 Å². The summed E-state index contributed by atoms with van der Waals surface area (Å²) in [6, 6.07) is 0.861. The maximum atomic E-state index is 2.53. The summed E-state index contributed by atoms with van der Waals surface area (Å²) >= 11 is 0. The minimum atomic E-state index is 0. The van der Waals surface area contributed by atoms with E-state index in [1.54, 1.807) is 0 Å². The minimum absolute atomic E-state index is 0. The lowest BCUT2D eigenvalue weighted by Gasteiger charge is -2.17. The third kappa shape index (κ3) is 2.26. The second-order valence-electron chi connectivity index (χ2n) is 2.62. The Balaban J connectivity index is 0.000000640. The van der Waals surface area contributed by atoms with Gasteiger partial charge in [0.05, 0.1) is 0 Å². The molecule has 1 saturated heterocycles. The van der Waals surface area contributed by atoms with Crippen molar-refractivity contribution in [3.05, 3.63) is 0 Å². The molecule has 0 amide bonds. The number of hydrogen-bond donors (Lipinski definition) is 0. The van der Waals surface area contributed by atoms with Gasteiger partial charge in [0.25, 0.3) is 0 Å². The predicted molar refractivity (Wildman–Crippen MR) is 46.3 cm³/mol. The maximum absolute atomic E-state index is 2.53. The van der Waals surface area contributed by atoms with Gasteiger partial charge in [0.1, 0.15) is 0 Å². The van der Waals surface area contributed by atoms with Crippen LogP contribution in [-0.4, -0.2) is 24.0 Å². The fourth-order valence-electron chi connectivity index (χ4n) is 1.46. The van der Waals surface area contributed by atoms with Crippen molar-refractivity contribution in [1.82, 2.24) is 4.90 Å². The van der Waals surface area contributed by atoms with Crippen LogP contribution in [0.5, 0.6) is 0 Å². The average Bonchev–Trinajstić information content (AvgIpc) is 2.14. The van der Waals surface area contributed by atoms with E-state index in [4.69, 9.17) is 0 Å². The first-order valence-electron chi connectivity index (χ1n) is 3.58. The van der Waals surface area contributed by atoms with Gasteiger partial charge < -0.3 is 4.90 Å². The summed E-state index contributed by atoms with van der Waals surface area (Å²) in [5, 5.41) is 0. The van der Waals surface area contributed by atoms with Crippen molar-refractivity contribution in [2.75, 3.05) is 13.1 Å². The smallest absolute Gasteiger partial charge is 0.00672 e. The van der Waals surface area contributed by atoms with Crippen LogP contribution in [-0.2, 0) is 0 Å². The third-order valence-corrected chi connectivity index (χ3v) is 2.10. The van der Waals surface area contributed by atoms with Gasteiger partial charge in [0.15, 0.2) is 0 Å². The van der Waals surface area contributed by atoms with Crippen LogP contribution in [0.4, 0.5) is 0 Å². The first kappa shape index (κ1) is 9.44. The number of nitrogens with zero attached hydrogens (tertiary/aromatic N) is 1. The second-order valence-corrected chi connectivity index (χ2v) is 2.62. The lowest BCUT2D eigenvalue weighted by Crippen LogP contribution is -2.25. The molecule has 0 bridgehead atoms. The Labute approximate surface area is 68.2 Å². The highest BCUT2D eigenvalue weighted by atomic mass is 79.9. The summed E-state index contributed by atoms with van der Waals surface area (Å²) in [6.07, 6.45) is 2.82. The molecule has 1 unspecified atom stereocenters. The molecule has 9 heavy (non-hydrogen) atoms. The Morgan fingerprint density at radius 1 is 1.56 bits per heavy atom. The van der Waals surface area contributed by atoms with Crippen molar-refractivity contribution < 1.29 is 0 Å². The summed E-state index contributed by atoms with van der Waals surface area (Å²) in [5.74, 6) is 0. The molecule has 0 aromatic rings. The summed E-state index contributed by atoms with van der Waals surface area (Å²) in [4.78, 5) is 2.53. The zero-order valence-corrected chi connectivity index (χ0v) is 7.97. The third-order valence-electron chi connectivity index (χ3n) is 2.10. The Hall–Kier alpha value is 0.440. The van der Waals surface area contributed by atoms with Crippen molar-refractivity contribution in [3.8, 4) is 0 Å². The van der Waals surface area contributed by atoms with Crippen LogP contribution in [0.25, 0.3) is 0 Å². The zero-order chi connectivity index (χ0) is 5.98. The minimum Gasteiger partial charge on any atom is -0.301 e. The van der Waals surface area contributed by atoms with Crippen LogP contribution in [0, 0.1) is 0 Å². The van der Waals surface area contributed by atoms with Gasteiger partial charge in [0, 0.05) is 6.04 Å². The van der Waals surface area contributed by atoms with Gasteiger partial charge in [-0.2, -0.15) is 0 Å². The first-order chi connectivity index (χ1) is 3.84. The quantitative estimate of drug-likeness (QED) is 0.617. The molecular formula is C7H16BrN. The number of rotatable bonds is 1. The van der Waals surface area contributed by atoms with E-state index in [-0.39, 0.29) is 17.0 Å². The van der Waals surface area contributed by atoms with E-state index < -0.39 is 0 Å². The molecule has 56 valence electrons. The zero-order valence-electron chi connectivity index (χ0n) is 6.26. The van der Waals surface area contributed by atoms with Crippen LogP contribution in [0.3, 0.4) is 0 Å². The standard InChI is InChI=1S/C7H15N.BrH/c1-3-8-6-4-5-7(8)2;/h7H,3-6H2,1-2H3;1H. The topological polar surface area (TPSA) is 3.24 Å². The number of halogens is 1. The van der Waals surface area contributed by atoms with Gasteiger partial charge in [-0.05, 0) is 32.9 Å². The van der Waals surface area contributed by atoms with Crippen LogP contribution >= 0.6 is 17.0 Å². The largest absolute Gasteiger partial charge is 0.301 e.